The van der Waals surface area contributed by atoms with Gasteiger partial charge in [-0.25, -0.2) is 4.98 Å². The van der Waals surface area contributed by atoms with Crippen molar-refractivity contribution >= 4 is 29.8 Å². The van der Waals surface area contributed by atoms with Gasteiger partial charge in [0.05, 0.1) is 16.6 Å². The van der Waals surface area contributed by atoms with E-state index in [2.05, 4.69) is 33.6 Å². The summed E-state index contributed by atoms with van der Waals surface area (Å²) in [6.07, 6.45) is 12.8. The minimum absolute atomic E-state index is 0.0537. The van der Waals surface area contributed by atoms with Gasteiger partial charge in [-0.05, 0) is 69.9 Å². The van der Waals surface area contributed by atoms with Gasteiger partial charge >= 0.3 is 0 Å². The first-order valence-electron chi connectivity index (χ1n) is 12.2. The highest BCUT2D eigenvalue weighted by Gasteiger charge is 2.38. The van der Waals surface area contributed by atoms with Crippen molar-refractivity contribution in [2.75, 3.05) is 11.9 Å². The zero-order valence-corrected chi connectivity index (χ0v) is 21.3. The van der Waals surface area contributed by atoms with Crippen molar-refractivity contribution in [1.29, 1.82) is 0 Å². The molecule has 184 valence electrons. The number of aromatic nitrogens is 2. The molecule has 0 aromatic carbocycles. The van der Waals surface area contributed by atoms with Crippen molar-refractivity contribution in [3.63, 3.8) is 0 Å². The van der Waals surface area contributed by atoms with Crippen LogP contribution in [0.2, 0.25) is 0 Å². The van der Waals surface area contributed by atoms with Crippen LogP contribution in [0.15, 0.2) is 42.7 Å². The molecule has 3 heterocycles. The van der Waals surface area contributed by atoms with E-state index in [1.54, 1.807) is 6.20 Å². The molecule has 4 rings (SSSR count). The average Bonchev–Trinajstić information content (AvgIpc) is 2.90. The molecular formula is C28H35N5O2. The molecule has 2 N–H and O–H groups in total. The van der Waals surface area contributed by atoms with Gasteiger partial charge in [-0.2, -0.15) is 0 Å². The predicted octanol–water partition coefficient (Wildman–Crippen LogP) is 4.35. The summed E-state index contributed by atoms with van der Waals surface area (Å²) in [5.41, 5.74) is 2.58. The summed E-state index contributed by atoms with van der Waals surface area (Å²) in [7, 11) is 0. The fourth-order valence-corrected chi connectivity index (χ4v) is 4.49. The van der Waals surface area contributed by atoms with Crippen LogP contribution in [0.5, 0.6) is 0 Å². The smallest absolute Gasteiger partial charge is 0.242 e. The number of amides is 2. The molecule has 7 heteroatoms. The predicted molar refractivity (Wildman–Crippen MR) is 139 cm³/mol. The van der Waals surface area contributed by atoms with Gasteiger partial charge in [-0.1, -0.05) is 31.2 Å². The zero-order valence-electron chi connectivity index (χ0n) is 21.3. The number of rotatable bonds is 4. The van der Waals surface area contributed by atoms with Gasteiger partial charge in [0, 0.05) is 37.1 Å². The Bertz CT molecular complexity index is 1190. The van der Waals surface area contributed by atoms with E-state index in [0.717, 1.165) is 28.9 Å². The number of nitrogens with zero attached hydrogens (tertiary/aromatic N) is 3. The second kappa shape index (κ2) is 9.74. The molecule has 35 heavy (non-hydrogen) atoms. The van der Waals surface area contributed by atoms with Crippen LogP contribution in [0.4, 0.5) is 5.82 Å². The maximum Gasteiger partial charge on any atom is 0.242 e. The third kappa shape index (κ3) is 5.35. The first-order valence-corrected chi connectivity index (χ1v) is 12.2. The number of allylic oxidation sites excluding steroid dienone is 2. The topological polar surface area (TPSA) is 87.2 Å². The maximum atomic E-state index is 13.2. The number of nitrogens with one attached hydrogen (secondary N) is 2. The van der Waals surface area contributed by atoms with E-state index < -0.39 is 11.0 Å². The highest BCUT2D eigenvalue weighted by Crippen LogP contribution is 2.32. The molecule has 2 aromatic rings. The normalized spacial score (nSPS) is 25.6. The van der Waals surface area contributed by atoms with Crippen LogP contribution in [0.3, 0.4) is 0 Å². The third-order valence-electron chi connectivity index (χ3n) is 7.03. The van der Waals surface area contributed by atoms with E-state index in [-0.39, 0.29) is 17.9 Å². The molecule has 2 aliphatic rings. The Kier molecular flexibility index (Phi) is 6.90. The lowest BCUT2D eigenvalue weighted by Crippen LogP contribution is -2.64. The lowest BCUT2D eigenvalue weighted by atomic mass is 9.82. The van der Waals surface area contributed by atoms with Crippen molar-refractivity contribution in [2.24, 2.45) is 5.41 Å². The Balaban J connectivity index is 1.52. The lowest BCUT2D eigenvalue weighted by Gasteiger charge is -2.42. The van der Waals surface area contributed by atoms with Crippen molar-refractivity contribution in [1.82, 2.24) is 20.2 Å². The molecule has 0 bridgehead atoms. The van der Waals surface area contributed by atoms with Gasteiger partial charge in [0.1, 0.15) is 5.82 Å². The minimum atomic E-state index is -0.615. The minimum Gasteiger partial charge on any atom is -0.333 e. The van der Waals surface area contributed by atoms with Crippen molar-refractivity contribution in [3.05, 3.63) is 65.1 Å². The van der Waals surface area contributed by atoms with Crippen LogP contribution in [-0.4, -0.2) is 44.8 Å². The van der Waals surface area contributed by atoms with E-state index in [1.807, 2.05) is 75.2 Å². The number of carbonyl (C=O) groups excluding carboxylic acids is 2. The molecule has 2 atom stereocenters. The van der Waals surface area contributed by atoms with E-state index in [9.17, 15) is 9.59 Å². The number of piperazine rings is 1. The fraction of sp³-hybridized carbons (Fsp3) is 0.429. The van der Waals surface area contributed by atoms with E-state index in [1.165, 1.54) is 0 Å². The van der Waals surface area contributed by atoms with Gasteiger partial charge in [0.2, 0.25) is 11.8 Å². The molecule has 2 aromatic heterocycles. The molecule has 2 amide bonds. The first-order chi connectivity index (χ1) is 16.6. The van der Waals surface area contributed by atoms with Crippen LogP contribution in [0, 0.1) is 12.3 Å². The Labute approximate surface area is 207 Å². The van der Waals surface area contributed by atoms with Crippen molar-refractivity contribution in [3.8, 4) is 0 Å². The van der Waals surface area contributed by atoms with E-state index >= 15 is 0 Å². The summed E-state index contributed by atoms with van der Waals surface area (Å²) in [5, 5.41) is 6.32. The molecule has 1 fully saturated rings. The van der Waals surface area contributed by atoms with Gasteiger partial charge in [0.25, 0.3) is 0 Å². The maximum absolute atomic E-state index is 13.2. The Morgan fingerprint density at radius 2 is 1.94 bits per heavy atom. The number of fused-ring (bicyclic) bond motifs is 1. The van der Waals surface area contributed by atoms with Gasteiger partial charge in [0.15, 0.2) is 0 Å². The molecule has 0 radical (unpaired) electrons. The van der Waals surface area contributed by atoms with Crippen LogP contribution < -0.4 is 10.6 Å². The van der Waals surface area contributed by atoms with E-state index in [4.69, 9.17) is 0 Å². The fourth-order valence-electron chi connectivity index (χ4n) is 4.49. The summed E-state index contributed by atoms with van der Waals surface area (Å²) in [6, 6.07) is 6.00. The zero-order chi connectivity index (χ0) is 25.2. The molecule has 0 spiro atoms. The van der Waals surface area contributed by atoms with Gasteiger partial charge < -0.3 is 15.5 Å². The average molecular weight is 474 g/mol. The van der Waals surface area contributed by atoms with E-state index in [0.29, 0.717) is 25.2 Å². The summed E-state index contributed by atoms with van der Waals surface area (Å²) < 4.78 is 0. The standard InChI is InChI=1S/C28H35N5O2/c1-19-9-8-14-29-24(19)32-25(34)28(5)12-6-10-22-15-21(17-30-23(22)11-7-13-28)18-33-20(2)16-31-27(3,4)26(33)35/h6-11,14-15,17,20,31H,12-13,16,18H2,1-5H3,(H,29,32,34)/b10-6+,11-7+. The number of hydrogen-bond acceptors (Lipinski definition) is 5. The third-order valence-corrected chi connectivity index (χ3v) is 7.03. The lowest BCUT2D eigenvalue weighted by molar-refractivity contribution is -0.143. The van der Waals surface area contributed by atoms with Gasteiger partial charge in [-0.3, -0.25) is 14.6 Å². The van der Waals surface area contributed by atoms with Crippen molar-refractivity contribution < 1.29 is 9.59 Å². The quantitative estimate of drug-likeness (QED) is 0.689. The van der Waals surface area contributed by atoms with Crippen LogP contribution >= 0.6 is 0 Å². The molecule has 1 aliphatic carbocycles. The Morgan fingerprint density at radius 3 is 2.69 bits per heavy atom. The van der Waals surface area contributed by atoms with Crippen molar-refractivity contribution in [2.45, 2.75) is 65.6 Å². The molecule has 1 aliphatic heterocycles. The number of hydrogen-bond donors (Lipinski definition) is 2. The summed E-state index contributed by atoms with van der Waals surface area (Å²) >= 11 is 0. The highest BCUT2D eigenvalue weighted by molar-refractivity contribution is 5.95. The molecule has 0 saturated carbocycles. The second-order valence-electron chi connectivity index (χ2n) is 10.5. The van der Waals surface area contributed by atoms with Gasteiger partial charge in [-0.15, -0.1) is 0 Å². The summed E-state index contributed by atoms with van der Waals surface area (Å²) in [4.78, 5) is 37.1. The summed E-state index contributed by atoms with van der Waals surface area (Å²) in [5.74, 6) is 0.642. The monoisotopic (exact) mass is 473 g/mol. The Morgan fingerprint density at radius 1 is 1.20 bits per heavy atom. The number of pyridine rings is 2. The largest absolute Gasteiger partial charge is 0.333 e. The second-order valence-corrected chi connectivity index (χ2v) is 10.5. The Hall–Kier alpha value is -3.32. The summed E-state index contributed by atoms with van der Waals surface area (Å²) in [6.45, 7) is 11.1. The molecule has 2 unspecified atom stereocenters. The molecule has 7 nitrogen and oxygen atoms in total. The number of anilines is 1. The number of carbonyl (C=O) groups is 2. The van der Waals surface area contributed by atoms with Crippen LogP contribution in [0.1, 0.15) is 62.9 Å². The SMILES string of the molecule is Cc1cccnc1NC(=O)C1(C)C/C=C/c2cc(CN3C(=O)C(C)(C)NCC3C)cnc2/C=C/C1. The first kappa shape index (κ1) is 24.8. The number of aryl methyl sites for hydroxylation is 1. The highest BCUT2D eigenvalue weighted by atomic mass is 16.2. The van der Waals surface area contributed by atoms with Crippen LogP contribution in [0.25, 0.3) is 12.2 Å². The van der Waals surface area contributed by atoms with Crippen LogP contribution in [-0.2, 0) is 16.1 Å². The molecular weight excluding hydrogens is 438 g/mol. The molecule has 1 saturated heterocycles.